The smallest absolute Gasteiger partial charge is 0.253 e. The Bertz CT molecular complexity index is 465. The average molecular weight is 231 g/mol. The van der Waals surface area contributed by atoms with Crippen LogP contribution in [0.5, 0.6) is 0 Å². The highest BCUT2D eigenvalue weighted by Crippen LogP contribution is 2.14. The summed E-state index contributed by atoms with van der Waals surface area (Å²) >= 11 is 0. The van der Waals surface area contributed by atoms with Crippen LogP contribution in [0.25, 0.3) is 0 Å². The van der Waals surface area contributed by atoms with E-state index < -0.39 is 6.23 Å². The number of ether oxygens (including phenoxy) is 1. The summed E-state index contributed by atoms with van der Waals surface area (Å²) in [5, 5.41) is 2.73. The predicted molar refractivity (Wildman–Crippen MR) is 62.4 cm³/mol. The lowest BCUT2D eigenvalue weighted by atomic mass is 10.2. The Morgan fingerprint density at radius 2 is 2.00 bits per heavy atom. The molecule has 1 unspecified atom stereocenters. The largest absolute Gasteiger partial charge is 0.465 e. The zero-order valence-electron chi connectivity index (χ0n) is 9.42. The van der Waals surface area contributed by atoms with Gasteiger partial charge in [0.2, 0.25) is 0 Å². The van der Waals surface area contributed by atoms with Crippen molar-refractivity contribution in [3.05, 3.63) is 60.1 Å². The standard InChI is InChI=1S/C13H13NO3/c1-16-13(11-8-5-9-17-11)14-12(15)10-6-3-2-4-7-10/h2-9,13H,1H3,(H,14,15). The predicted octanol–water partition coefficient (Wildman–Crippen LogP) is 2.35. The molecule has 0 saturated carbocycles. The third-order valence-electron chi connectivity index (χ3n) is 2.34. The van der Waals surface area contributed by atoms with Crippen LogP contribution in [-0.4, -0.2) is 13.0 Å². The highest BCUT2D eigenvalue weighted by molar-refractivity contribution is 5.94. The van der Waals surface area contributed by atoms with Crippen LogP contribution in [0.3, 0.4) is 0 Å². The molecule has 1 amide bonds. The Labute approximate surface area is 99.2 Å². The molecule has 0 fully saturated rings. The van der Waals surface area contributed by atoms with E-state index in [4.69, 9.17) is 9.15 Å². The van der Waals surface area contributed by atoms with Crippen LogP contribution in [0.15, 0.2) is 53.1 Å². The summed E-state index contributed by atoms with van der Waals surface area (Å²) in [4.78, 5) is 11.9. The molecule has 2 aromatic rings. The van der Waals surface area contributed by atoms with Crippen molar-refractivity contribution in [3.8, 4) is 0 Å². The van der Waals surface area contributed by atoms with Crippen molar-refractivity contribution in [1.82, 2.24) is 5.32 Å². The van der Waals surface area contributed by atoms with E-state index in [2.05, 4.69) is 5.32 Å². The fourth-order valence-corrected chi connectivity index (χ4v) is 1.48. The molecule has 0 spiro atoms. The maximum atomic E-state index is 11.9. The van der Waals surface area contributed by atoms with Gasteiger partial charge in [0.05, 0.1) is 6.26 Å². The molecular weight excluding hydrogens is 218 g/mol. The third-order valence-corrected chi connectivity index (χ3v) is 2.34. The molecule has 4 nitrogen and oxygen atoms in total. The van der Waals surface area contributed by atoms with Crippen LogP contribution in [0, 0.1) is 0 Å². The van der Waals surface area contributed by atoms with E-state index in [9.17, 15) is 4.79 Å². The third kappa shape index (κ3) is 2.73. The monoisotopic (exact) mass is 231 g/mol. The highest BCUT2D eigenvalue weighted by atomic mass is 16.5. The minimum atomic E-state index is -0.572. The van der Waals surface area contributed by atoms with Crippen LogP contribution in [-0.2, 0) is 4.74 Å². The van der Waals surface area contributed by atoms with E-state index in [0.29, 0.717) is 11.3 Å². The second-order valence-corrected chi connectivity index (χ2v) is 3.47. The SMILES string of the molecule is COC(NC(=O)c1ccccc1)c1ccco1. The summed E-state index contributed by atoms with van der Waals surface area (Å²) in [6.07, 6.45) is 0.966. The molecule has 0 aliphatic heterocycles. The lowest BCUT2D eigenvalue weighted by Gasteiger charge is -2.14. The fourth-order valence-electron chi connectivity index (χ4n) is 1.48. The number of carbonyl (C=O) groups is 1. The van der Waals surface area contributed by atoms with Crippen molar-refractivity contribution in [2.45, 2.75) is 6.23 Å². The molecule has 0 radical (unpaired) electrons. The molecule has 1 N–H and O–H groups in total. The summed E-state index contributed by atoms with van der Waals surface area (Å²) < 4.78 is 10.3. The summed E-state index contributed by atoms with van der Waals surface area (Å²) in [5.41, 5.74) is 0.584. The summed E-state index contributed by atoms with van der Waals surface area (Å²) in [7, 11) is 1.51. The van der Waals surface area contributed by atoms with Gasteiger partial charge in [-0.3, -0.25) is 4.79 Å². The van der Waals surface area contributed by atoms with Crippen molar-refractivity contribution in [2.75, 3.05) is 7.11 Å². The number of benzene rings is 1. The number of hydrogen-bond donors (Lipinski definition) is 1. The van der Waals surface area contributed by atoms with Crippen molar-refractivity contribution in [1.29, 1.82) is 0 Å². The van der Waals surface area contributed by atoms with Crippen molar-refractivity contribution in [3.63, 3.8) is 0 Å². The summed E-state index contributed by atoms with van der Waals surface area (Å²) in [6, 6.07) is 12.5. The fraction of sp³-hybridized carbons (Fsp3) is 0.154. The summed E-state index contributed by atoms with van der Waals surface area (Å²) in [6.45, 7) is 0. The first-order chi connectivity index (χ1) is 8.31. The Kier molecular flexibility index (Phi) is 3.57. The van der Waals surface area contributed by atoms with E-state index in [1.165, 1.54) is 13.4 Å². The lowest BCUT2D eigenvalue weighted by molar-refractivity contribution is 0.0464. The van der Waals surface area contributed by atoms with Gasteiger partial charge in [0.15, 0.2) is 12.0 Å². The van der Waals surface area contributed by atoms with E-state index in [0.717, 1.165) is 0 Å². The molecule has 1 atom stereocenters. The van der Waals surface area contributed by atoms with Crippen molar-refractivity contribution >= 4 is 5.91 Å². The number of methoxy groups -OCH3 is 1. The maximum absolute atomic E-state index is 11.9. The van der Waals surface area contributed by atoms with Gasteiger partial charge in [-0.05, 0) is 24.3 Å². The summed E-state index contributed by atoms with van der Waals surface area (Å²) in [5.74, 6) is 0.366. The number of amides is 1. The first-order valence-electron chi connectivity index (χ1n) is 5.23. The normalized spacial score (nSPS) is 12.1. The van der Waals surface area contributed by atoms with E-state index in [1.807, 2.05) is 18.2 Å². The Morgan fingerprint density at radius 3 is 2.59 bits per heavy atom. The Hall–Kier alpha value is -2.07. The van der Waals surface area contributed by atoms with Crippen molar-refractivity contribution < 1.29 is 13.9 Å². The number of hydrogen-bond acceptors (Lipinski definition) is 3. The molecule has 1 aromatic carbocycles. The quantitative estimate of drug-likeness (QED) is 0.822. The zero-order chi connectivity index (χ0) is 12.1. The van der Waals surface area contributed by atoms with Crippen LogP contribution in [0.1, 0.15) is 22.3 Å². The minimum Gasteiger partial charge on any atom is -0.465 e. The van der Waals surface area contributed by atoms with Crippen LogP contribution in [0.4, 0.5) is 0 Å². The van der Waals surface area contributed by atoms with Crippen LogP contribution in [0.2, 0.25) is 0 Å². The van der Waals surface area contributed by atoms with Crippen LogP contribution >= 0.6 is 0 Å². The van der Waals surface area contributed by atoms with Gasteiger partial charge in [0, 0.05) is 12.7 Å². The van der Waals surface area contributed by atoms with Gasteiger partial charge in [-0.2, -0.15) is 0 Å². The minimum absolute atomic E-state index is 0.200. The second kappa shape index (κ2) is 5.32. The molecule has 17 heavy (non-hydrogen) atoms. The Morgan fingerprint density at radius 1 is 1.24 bits per heavy atom. The number of rotatable bonds is 4. The number of furan rings is 1. The zero-order valence-corrected chi connectivity index (χ0v) is 9.42. The molecule has 1 aromatic heterocycles. The molecular formula is C13H13NO3. The van der Waals surface area contributed by atoms with Gasteiger partial charge >= 0.3 is 0 Å². The molecule has 0 bridgehead atoms. The van der Waals surface area contributed by atoms with E-state index in [-0.39, 0.29) is 5.91 Å². The topological polar surface area (TPSA) is 51.5 Å². The maximum Gasteiger partial charge on any atom is 0.253 e. The molecule has 4 heteroatoms. The molecule has 1 heterocycles. The number of carbonyl (C=O) groups excluding carboxylic acids is 1. The molecule has 0 aliphatic carbocycles. The molecule has 88 valence electrons. The average Bonchev–Trinajstić information content (AvgIpc) is 2.90. The van der Waals surface area contributed by atoms with Gasteiger partial charge in [-0.1, -0.05) is 18.2 Å². The van der Waals surface area contributed by atoms with E-state index in [1.54, 1.807) is 24.3 Å². The van der Waals surface area contributed by atoms with Gasteiger partial charge in [-0.25, -0.2) is 0 Å². The van der Waals surface area contributed by atoms with Gasteiger partial charge in [0.25, 0.3) is 5.91 Å². The molecule has 0 aliphatic rings. The van der Waals surface area contributed by atoms with Gasteiger partial charge in [0.1, 0.15) is 0 Å². The molecule has 0 saturated heterocycles. The number of nitrogens with one attached hydrogen (secondary N) is 1. The highest BCUT2D eigenvalue weighted by Gasteiger charge is 2.16. The van der Waals surface area contributed by atoms with Gasteiger partial charge < -0.3 is 14.5 Å². The first kappa shape index (κ1) is 11.4. The lowest BCUT2D eigenvalue weighted by Crippen LogP contribution is -2.29. The van der Waals surface area contributed by atoms with Crippen LogP contribution < -0.4 is 5.32 Å². The molecule has 2 rings (SSSR count). The van der Waals surface area contributed by atoms with Gasteiger partial charge in [-0.15, -0.1) is 0 Å². The Balaban J connectivity index is 2.08. The van der Waals surface area contributed by atoms with E-state index >= 15 is 0 Å². The first-order valence-corrected chi connectivity index (χ1v) is 5.23. The van der Waals surface area contributed by atoms with Crippen molar-refractivity contribution in [2.24, 2.45) is 0 Å². The second-order valence-electron chi connectivity index (χ2n) is 3.47.